The van der Waals surface area contributed by atoms with E-state index in [4.69, 9.17) is 0 Å². The maximum atomic E-state index is 13.4. The fourth-order valence-electron chi connectivity index (χ4n) is 3.96. The molecule has 0 aliphatic carbocycles. The molecule has 7 nitrogen and oxygen atoms in total. The molecule has 2 aliphatic heterocycles. The second-order valence-electron chi connectivity index (χ2n) is 8.00. The lowest BCUT2D eigenvalue weighted by atomic mass is 10.0. The lowest BCUT2D eigenvalue weighted by Crippen LogP contribution is -2.49. The first-order valence-corrected chi connectivity index (χ1v) is 11.0. The average Bonchev–Trinajstić information content (AvgIpc) is 2.74. The van der Waals surface area contributed by atoms with Crippen molar-refractivity contribution in [3.8, 4) is 0 Å². The molecule has 0 atom stereocenters. The van der Waals surface area contributed by atoms with Crippen LogP contribution in [-0.2, 0) is 16.1 Å². The molecule has 0 unspecified atom stereocenters. The number of halogens is 3. The van der Waals surface area contributed by atoms with E-state index in [1.54, 1.807) is 6.07 Å². The van der Waals surface area contributed by atoms with Crippen LogP contribution in [0, 0.1) is 11.6 Å². The summed E-state index contributed by atoms with van der Waals surface area (Å²) in [5, 5.41) is 6.64. The number of nitrogens with zero attached hydrogens (tertiary/aromatic N) is 3. The molecule has 178 valence electrons. The maximum absolute atomic E-state index is 13.4. The summed E-state index contributed by atoms with van der Waals surface area (Å²) in [5.74, 6) is -1.18. The molecule has 0 aromatic heterocycles. The quantitative estimate of drug-likeness (QED) is 0.231. The third-order valence-electron chi connectivity index (χ3n) is 5.64. The Labute approximate surface area is 205 Å². The van der Waals surface area contributed by atoms with E-state index >= 15 is 0 Å². The van der Waals surface area contributed by atoms with Crippen molar-refractivity contribution in [1.82, 2.24) is 20.4 Å². The molecule has 2 N–H and O–H groups in total. The van der Waals surface area contributed by atoms with Gasteiger partial charge in [-0.3, -0.25) is 24.4 Å². The summed E-state index contributed by atoms with van der Waals surface area (Å²) in [4.78, 5) is 31.9. The number of amides is 2. The zero-order valence-electron chi connectivity index (χ0n) is 18.4. The van der Waals surface area contributed by atoms with Crippen molar-refractivity contribution in [3.05, 3.63) is 35.4 Å². The molecule has 10 heteroatoms. The van der Waals surface area contributed by atoms with E-state index in [0.29, 0.717) is 51.4 Å². The van der Waals surface area contributed by atoms with Gasteiger partial charge in [0, 0.05) is 51.6 Å². The van der Waals surface area contributed by atoms with Gasteiger partial charge in [0.15, 0.2) is 17.6 Å². The monoisotopic (exact) mass is 563 g/mol. The predicted molar refractivity (Wildman–Crippen MR) is 130 cm³/mol. The molecule has 32 heavy (non-hydrogen) atoms. The Hall–Kier alpha value is -1.82. The minimum Gasteiger partial charge on any atom is -0.357 e. The zero-order chi connectivity index (χ0) is 22.2. The van der Waals surface area contributed by atoms with Crippen LogP contribution in [0.25, 0.3) is 0 Å². The molecule has 2 amide bonds. The third-order valence-corrected chi connectivity index (χ3v) is 5.64. The highest BCUT2D eigenvalue weighted by Crippen LogP contribution is 2.16. The number of guanidine groups is 1. The number of benzene rings is 1. The fraction of sp³-hybridized carbons (Fsp3) is 0.591. The van der Waals surface area contributed by atoms with Crippen molar-refractivity contribution in [3.63, 3.8) is 0 Å². The SMILES string of the molecule is CCNC(=NCCN1C(=O)CCCC1=O)NC1CCN(Cc2ccc(F)c(F)c2)CC1.I. The van der Waals surface area contributed by atoms with Gasteiger partial charge >= 0.3 is 0 Å². The Balaban J connectivity index is 0.00000363. The molecule has 0 radical (unpaired) electrons. The van der Waals surface area contributed by atoms with Gasteiger partial charge < -0.3 is 10.6 Å². The number of piperidine rings is 2. The number of carbonyl (C=O) groups excluding carboxylic acids is 2. The van der Waals surface area contributed by atoms with E-state index < -0.39 is 11.6 Å². The second-order valence-corrected chi connectivity index (χ2v) is 8.00. The highest BCUT2D eigenvalue weighted by atomic mass is 127. The molecule has 3 rings (SSSR count). The molecule has 0 spiro atoms. The van der Waals surface area contributed by atoms with Crippen LogP contribution in [-0.4, -0.2) is 66.3 Å². The van der Waals surface area contributed by atoms with Gasteiger partial charge in [-0.25, -0.2) is 8.78 Å². The third kappa shape index (κ3) is 7.65. The summed E-state index contributed by atoms with van der Waals surface area (Å²) >= 11 is 0. The molecule has 0 bridgehead atoms. The molecule has 1 aromatic rings. The molecular formula is C22H32F2IN5O2. The average molecular weight is 563 g/mol. The summed E-state index contributed by atoms with van der Waals surface area (Å²) in [6.45, 7) is 5.64. The molecule has 2 fully saturated rings. The highest BCUT2D eigenvalue weighted by molar-refractivity contribution is 14.0. The van der Waals surface area contributed by atoms with Crippen LogP contribution in [0.15, 0.2) is 23.2 Å². The minimum absolute atomic E-state index is 0. The van der Waals surface area contributed by atoms with Gasteiger partial charge in [0.1, 0.15) is 0 Å². The van der Waals surface area contributed by atoms with Crippen molar-refractivity contribution in [2.24, 2.45) is 4.99 Å². The number of hydrogen-bond acceptors (Lipinski definition) is 4. The summed E-state index contributed by atoms with van der Waals surface area (Å²) in [7, 11) is 0. The van der Waals surface area contributed by atoms with Crippen LogP contribution < -0.4 is 10.6 Å². The Morgan fingerprint density at radius 1 is 1.12 bits per heavy atom. The fourth-order valence-corrected chi connectivity index (χ4v) is 3.96. The second kappa shape index (κ2) is 13.0. The first kappa shape index (κ1) is 26.4. The topological polar surface area (TPSA) is 77.0 Å². The van der Waals surface area contributed by atoms with E-state index in [1.807, 2.05) is 6.92 Å². The molecule has 2 saturated heterocycles. The Bertz CT molecular complexity index is 800. The van der Waals surface area contributed by atoms with Crippen molar-refractivity contribution >= 4 is 41.8 Å². The van der Waals surface area contributed by atoms with Gasteiger partial charge in [-0.2, -0.15) is 0 Å². The summed E-state index contributed by atoms with van der Waals surface area (Å²) in [6.07, 6.45) is 3.29. The highest BCUT2D eigenvalue weighted by Gasteiger charge is 2.25. The van der Waals surface area contributed by atoms with Gasteiger partial charge in [0.2, 0.25) is 11.8 Å². The molecular weight excluding hydrogens is 531 g/mol. The number of aliphatic imine (C=N–C) groups is 1. The predicted octanol–water partition coefficient (Wildman–Crippen LogP) is 2.64. The van der Waals surface area contributed by atoms with Gasteiger partial charge in [0.05, 0.1) is 6.54 Å². The van der Waals surface area contributed by atoms with E-state index in [9.17, 15) is 18.4 Å². The number of imide groups is 1. The first-order chi connectivity index (χ1) is 15.0. The van der Waals surface area contributed by atoms with Gasteiger partial charge in [-0.15, -0.1) is 24.0 Å². The smallest absolute Gasteiger partial charge is 0.229 e. The summed E-state index contributed by atoms with van der Waals surface area (Å²) < 4.78 is 26.5. The summed E-state index contributed by atoms with van der Waals surface area (Å²) in [6, 6.07) is 4.30. The summed E-state index contributed by atoms with van der Waals surface area (Å²) in [5.41, 5.74) is 0.766. The first-order valence-electron chi connectivity index (χ1n) is 11.0. The number of carbonyl (C=O) groups is 2. The van der Waals surface area contributed by atoms with Gasteiger partial charge in [-0.1, -0.05) is 6.07 Å². The normalized spacial score (nSPS) is 18.5. The standard InChI is InChI=1S/C22H31F2N5O2.HI/c1-2-25-22(26-10-13-29-20(30)4-3-5-21(29)31)27-17-8-11-28(12-9-17)15-16-6-7-18(23)19(24)14-16;/h6-7,14,17H,2-5,8-13,15H2,1H3,(H2,25,26,27);1H. The molecule has 0 saturated carbocycles. The number of likely N-dealkylation sites (tertiary alicyclic amines) is 2. The molecule has 1 aromatic carbocycles. The van der Waals surface area contributed by atoms with E-state index in [2.05, 4.69) is 20.5 Å². The Morgan fingerprint density at radius 3 is 2.44 bits per heavy atom. The largest absolute Gasteiger partial charge is 0.357 e. The maximum Gasteiger partial charge on any atom is 0.229 e. The van der Waals surface area contributed by atoms with Crippen LogP contribution in [0.2, 0.25) is 0 Å². The number of nitrogens with one attached hydrogen (secondary N) is 2. The lowest BCUT2D eigenvalue weighted by molar-refractivity contribution is -0.147. The number of rotatable bonds is 7. The number of hydrogen-bond donors (Lipinski definition) is 2. The van der Waals surface area contributed by atoms with Crippen LogP contribution in [0.4, 0.5) is 8.78 Å². The lowest BCUT2D eigenvalue weighted by Gasteiger charge is -2.33. The molecule has 2 aliphatic rings. The van der Waals surface area contributed by atoms with E-state index in [-0.39, 0.29) is 41.8 Å². The van der Waals surface area contributed by atoms with Crippen LogP contribution in [0.3, 0.4) is 0 Å². The van der Waals surface area contributed by atoms with Crippen molar-refractivity contribution in [2.45, 2.75) is 51.6 Å². The zero-order valence-corrected chi connectivity index (χ0v) is 20.7. The van der Waals surface area contributed by atoms with Gasteiger partial charge in [0.25, 0.3) is 0 Å². The van der Waals surface area contributed by atoms with Crippen molar-refractivity contribution in [1.29, 1.82) is 0 Å². The van der Waals surface area contributed by atoms with Crippen LogP contribution >= 0.6 is 24.0 Å². The van der Waals surface area contributed by atoms with E-state index in [1.165, 1.54) is 17.0 Å². The Morgan fingerprint density at radius 2 is 1.81 bits per heavy atom. The minimum atomic E-state index is -0.823. The van der Waals surface area contributed by atoms with E-state index in [0.717, 1.165) is 31.5 Å². The van der Waals surface area contributed by atoms with Crippen molar-refractivity contribution < 1.29 is 18.4 Å². The van der Waals surface area contributed by atoms with Crippen LogP contribution in [0.1, 0.15) is 44.6 Å². The van der Waals surface area contributed by atoms with Crippen LogP contribution in [0.5, 0.6) is 0 Å². The Kier molecular flexibility index (Phi) is 10.8. The molecule has 2 heterocycles. The van der Waals surface area contributed by atoms with Crippen molar-refractivity contribution in [2.75, 3.05) is 32.7 Å². The van der Waals surface area contributed by atoms with Gasteiger partial charge in [-0.05, 0) is 43.9 Å².